The standard InChI is InChI=1S/C23H28B2P2/c24-25-27(22-15-8-3-9-16-22)18-10-17-23(27)19-26(20-11-4-1-5-12-20)21-13-6-2-7-14-21/h1-9,11-16,23,25,27H,10,17-19,24H2. The van der Waals surface area contributed by atoms with Gasteiger partial charge in [0.25, 0.3) is 0 Å². The third-order valence-corrected chi connectivity index (χ3v) is 15.5. The number of rotatable bonds is 6. The first-order valence-corrected chi connectivity index (χ1v) is 14.3. The molecule has 4 rings (SSSR count). The summed E-state index contributed by atoms with van der Waals surface area (Å²) in [5.41, 5.74) is 0.899. The molecule has 1 saturated heterocycles. The van der Waals surface area contributed by atoms with Gasteiger partial charge in [-0.2, -0.15) is 0 Å². The van der Waals surface area contributed by atoms with Crippen LogP contribution in [-0.4, -0.2) is 32.6 Å². The zero-order valence-electron chi connectivity index (χ0n) is 16.2. The van der Waals surface area contributed by atoms with Crippen molar-refractivity contribution in [2.24, 2.45) is 0 Å². The van der Waals surface area contributed by atoms with Crippen molar-refractivity contribution in [2.75, 3.05) is 12.3 Å². The van der Waals surface area contributed by atoms with Crippen LogP contribution < -0.4 is 15.9 Å². The Kier molecular flexibility index (Phi) is 6.17. The van der Waals surface area contributed by atoms with Crippen molar-refractivity contribution in [1.82, 2.24) is 0 Å². The van der Waals surface area contributed by atoms with Gasteiger partial charge < -0.3 is 0 Å². The summed E-state index contributed by atoms with van der Waals surface area (Å²) in [6, 6.07) is 34.1. The van der Waals surface area contributed by atoms with E-state index in [9.17, 15) is 0 Å². The molecule has 1 heterocycles. The average molecular weight is 388 g/mol. The molecule has 0 bridgehead atoms. The summed E-state index contributed by atoms with van der Waals surface area (Å²) >= 11 is 0. The Balaban J connectivity index is 1.70. The minimum atomic E-state index is -1.42. The van der Waals surface area contributed by atoms with Crippen molar-refractivity contribution in [3.8, 4) is 0 Å². The van der Waals surface area contributed by atoms with Gasteiger partial charge in [-0.25, -0.2) is 0 Å². The SMILES string of the molecule is BB[PH]1(c2ccccc2)CCCC1CP(c1ccccc1)c1ccccc1. The predicted octanol–water partition coefficient (Wildman–Crippen LogP) is 3.26. The molecule has 1 atom stereocenters. The molecule has 0 N–H and O–H groups in total. The third-order valence-electron chi connectivity index (χ3n) is 6.48. The molecule has 136 valence electrons. The molecule has 1 aliphatic heterocycles. The van der Waals surface area contributed by atoms with Gasteiger partial charge >= 0.3 is 167 Å². The van der Waals surface area contributed by atoms with Crippen LogP contribution in [-0.2, 0) is 0 Å². The zero-order chi connectivity index (χ0) is 18.5. The van der Waals surface area contributed by atoms with Crippen LogP contribution in [0.5, 0.6) is 0 Å². The van der Waals surface area contributed by atoms with Crippen molar-refractivity contribution in [2.45, 2.75) is 18.5 Å². The summed E-state index contributed by atoms with van der Waals surface area (Å²) in [4.78, 5) is 0. The predicted molar refractivity (Wildman–Crippen MR) is 132 cm³/mol. The summed E-state index contributed by atoms with van der Waals surface area (Å²) < 4.78 is 0. The van der Waals surface area contributed by atoms with E-state index in [4.69, 9.17) is 0 Å². The molecule has 3 aromatic rings. The Bertz CT molecular complexity index is 803. The molecule has 0 spiro atoms. The van der Waals surface area contributed by atoms with Gasteiger partial charge in [0.15, 0.2) is 0 Å². The van der Waals surface area contributed by atoms with E-state index in [2.05, 4.69) is 98.7 Å². The second-order valence-corrected chi connectivity index (χ2v) is 14.9. The molecule has 0 nitrogen and oxygen atoms in total. The van der Waals surface area contributed by atoms with Gasteiger partial charge in [-0.3, -0.25) is 0 Å². The average Bonchev–Trinajstić information content (AvgIpc) is 3.17. The van der Waals surface area contributed by atoms with Crippen LogP contribution in [0.2, 0.25) is 0 Å². The van der Waals surface area contributed by atoms with Crippen LogP contribution in [0, 0.1) is 0 Å². The molecule has 1 unspecified atom stereocenters. The Labute approximate surface area is 167 Å². The second kappa shape index (κ2) is 8.77. The number of hydrogen-bond donors (Lipinski definition) is 0. The van der Waals surface area contributed by atoms with Gasteiger partial charge in [-0.1, -0.05) is 0 Å². The summed E-state index contributed by atoms with van der Waals surface area (Å²) in [6.07, 6.45) is 5.68. The van der Waals surface area contributed by atoms with E-state index < -0.39 is 7.14 Å². The Hall–Kier alpha value is -1.35. The molecule has 0 aliphatic carbocycles. The molecule has 3 aromatic carbocycles. The third kappa shape index (κ3) is 3.94. The topological polar surface area (TPSA) is 0 Å². The second-order valence-electron chi connectivity index (χ2n) is 7.75. The Morgan fingerprint density at radius 1 is 0.815 bits per heavy atom. The normalized spacial score (nSPS) is 19.7. The van der Waals surface area contributed by atoms with E-state index in [0.717, 1.165) is 5.66 Å². The summed E-state index contributed by atoms with van der Waals surface area (Å²) in [6.45, 7) is 1.38. The van der Waals surface area contributed by atoms with Crippen molar-refractivity contribution in [3.63, 3.8) is 0 Å². The molecule has 1 fully saturated rings. The first kappa shape index (κ1) is 19.0. The van der Waals surface area contributed by atoms with Crippen molar-refractivity contribution in [1.29, 1.82) is 0 Å². The minimum absolute atomic E-state index is 0.282. The van der Waals surface area contributed by atoms with E-state index >= 15 is 0 Å². The first-order valence-electron chi connectivity index (χ1n) is 10.3. The van der Waals surface area contributed by atoms with Crippen LogP contribution in [0.1, 0.15) is 12.8 Å². The van der Waals surface area contributed by atoms with E-state index in [-0.39, 0.29) is 7.92 Å². The van der Waals surface area contributed by atoms with E-state index in [0.29, 0.717) is 0 Å². The molecule has 27 heavy (non-hydrogen) atoms. The van der Waals surface area contributed by atoms with Gasteiger partial charge in [0.2, 0.25) is 0 Å². The number of hydrogen-bond acceptors (Lipinski definition) is 0. The van der Waals surface area contributed by atoms with E-state index in [1.807, 2.05) is 0 Å². The van der Waals surface area contributed by atoms with Crippen LogP contribution in [0.15, 0.2) is 91.0 Å². The fourth-order valence-electron chi connectivity index (χ4n) is 5.03. The van der Waals surface area contributed by atoms with Crippen molar-refractivity contribution in [3.05, 3.63) is 91.0 Å². The molecule has 0 saturated carbocycles. The van der Waals surface area contributed by atoms with Crippen LogP contribution >= 0.6 is 15.1 Å². The quantitative estimate of drug-likeness (QED) is 0.450. The summed E-state index contributed by atoms with van der Waals surface area (Å²) in [5, 5.41) is 4.78. The molecule has 0 amide bonds. The van der Waals surface area contributed by atoms with Gasteiger partial charge in [0.1, 0.15) is 0 Å². The van der Waals surface area contributed by atoms with Gasteiger partial charge in [-0.05, 0) is 0 Å². The van der Waals surface area contributed by atoms with Gasteiger partial charge in [0.05, 0.1) is 0 Å². The molecular weight excluding hydrogens is 360 g/mol. The van der Waals surface area contributed by atoms with Gasteiger partial charge in [-0.15, -0.1) is 0 Å². The molecular formula is C23H28B2P2. The van der Waals surface area contributed by atoms with Crippen molar-refractivity contribution >= 4 is 45.6 Å². The zero-order valence-corrected chi connectivity index (χ0v) is 18.1. The molecule has 0 aromatic heterocycles. The molecule has 0 radical (unpaired) electrons. The summed E-state index contributed by atoms with van der Waals surface area (Å²) in [7, 11) is 0.757. The fraction of sp³-hybridized carbons (Fsp3) is 0.217. The Morgan fingerprint density at radius 2 is 1.33 bits per heavy atom. The van der Waals surface area contributed by atoms with E-state index in [1.54, 1.807) is 5.30 Å². The van der Waals surface area contributed by atoms with E-state index in [1.165, 1.54) is 42.7 Å². The monoisotopic (exact) mass is 388 g/mol. The first-order chi connectivity index (χ1) is 13.3. The fourth-order valence-corrected chi connectivity index (χ4v) is 14.3. The van der Waals surface area contributed by atoms with Crippen LogP contribution in [0.4, 0.5) is 0 Å². The van der Waals surface area contributed by atoms with Crippen molar-refractivity contribution < 1.29 is 0 Å². The maximum absolute atomic E-state index is 2.46. The van der Waals surface area contributed by atoms with Gasteiger partial charge in [0, 0.05) is 0 Å². The molecule has 1 aliphatic rings. The van der Waals surface area contributed by atoms with Crippen LogP contribution in [0.3, 0.4) is 0 Å². The Morgan fingerprint density at radius 3 is 1.85 bits per heavy atom. The number of benzene rings is 3. The summed E-state index contributed by atoms with van der Waals surface area (Å²) in [5.74, 6) is 0. The molecule has 4 heteroatoms. The van der Waals surface area contributed by atoms with Crippen LogP contribution in [0.25, 0.3) is 0 Å². The maximum atomic E-state index is 2.46.